The number of hydrogen-bond acceptors (Lipinski definition) is 6. The molecule has 1 saturated carbocycles. The molecule has 4 rings (SSSR count). The van der Waals surface area contributed by atoms with E-state index < -0.39 is 40.8 Å². The fraction of sp³-hybridized carbons (Fsp3) is 0.667. The Bertz CT molecular complexity index is 1030. The molecule has 4 atom stereocenters. The Hall–Kier alpha value is -2.61. The van der Waals surface area contributed by atoms with Gasteiger partial charge >= 0.3 is 5.97 Å². The van der Waals surface area contributed by atoms with Gasteiger partial charge in [0.1, 0.15) is 17.0 Å². The number of likely N-dealkylation sites (tertiary alicyclic amines) is 1. The average molecular weight is 487 g/mol. The van der Waals surface area contributed by atoms with Crippen molar-refractivity contribution < 1.29 is 29.0 Å². The molecule has 0 bridgehead atoms. The fourth-order valence-corrected chi connectivity index (χ4v) is 6.68. The largest absolute Gasteiger partial charge is 0.496 e. The number of aliphatic carboxylic acids is 1. The minimum atomic E-state index is -1.52. The average Bonchev–Trinajstić information content (AvgIpc) is 3.28. The zero-order valence-corrected chi connectivity index (χ0v) is 21.6. The van der Waals surface area contributed by atoms with Gasteiger partial charge in [-0.05, 0) is 46.1 Å². The quantitative estimate of drug-likeness (QED) is 0.589. The van der Waals surface area contributed by atoms with Crippen LogP contribution in [0.3, 0.4) is 0 Å². The first kappa shape index (κ1) is 25.5. The van der Waals surface area contributed by atoms with Crippen molar-refractivity contribution in [3.05, 3.63) is 23.3 Å². The third-order valence-electron chi connectivity index (χ3n) is 8.19. The third-order valence-corrected chi connectivity index (χ3v) is 8.19. The van der Waals surface area contributed by atoms with Crippen molar-refractivity contribution in [1.82, 2.24) is 10.2 Å². The standard InChI is InChI=1S/C27H38N2O6/c1-15-18(34-5)13-12-17(22(15)35-6)21-19-20(24(31)29(23(19)30)26(2,3)4)27(28-21,25(32)33)14-16-10-8-7-9-11-16/h12-13,16,19-21,28H,7-11,14H2,1-6H3,(H,32,33). The number of amides is 2. The number of ether oxygens (including phenoxy) is 2. The lowest BCUT2D eigenvalue weighted by molar-refractivity contribution is -0.154. The van der Waals surface area contributed by atoms with Crippen LogP contribution >= 0.6 is 0 Å². The molecule has 2 saturated heterocycles. The number of nitrogens with one attached hydrogen (secondary N) is 1. The number of carbonyl (C=O) groups excluding carboxylic acids is 2. The lowest BCUT2D eigenvalue weighted by Crippen LogP contribution is -2.58. The Morgan fingerprint density at radius 1 is 1.11 bits per heavy atom. The second-order valence-electron chi connectivity index (χ2n) is 11.3. The fourth-order valence-electron chi connectivity index (χ4n) is 6.68. The Morgan fingerprint density at radius 3 is 2.31 bits per heavy atom. The van der Waals surface area contributed by atoms with Crippen LogP contribution in [-0.4, -0.2) is 53.1 Å². The van der Waals surface area contributed by atoms with Crippen molar-refractivity contribution in [3.63, 3.8) is 0 Å². The van der Waals surface area contributed by atoms with Crippen LogP contribution in [0.1, 0.15) is 76.5 Å². The van der Waals surface area contributed by atoms with Crippen LogP contribution in [0.4, 0.5) is 0 Å². The first-order valence-electron chi connectivity index (χ1n) is 12.6. The Labute approximate surface area is 207 Å². The number of hydrogen-bond donors (Lipinski definition) is 2. The Kier molecular flexibility index (Phi) is 6.64. The molecular formula is C27H38N2O6. The molecule has 1 aromatic carbocycles. The molecule has 8 nitrogen and oxygen atoms in total. The van der Waals surface area contributed by atoms with Gasteiger partial charge in [-0.2, -0.15) is 0 Å². The monoisotopic (exact) mass is 486 g/mol. The molecule has 8 heteroatoms. The summed E-state index contributed by atoms with van der Waals surface area (Å²) in [4.78, 5) is 42.0. The minimum absolute atomic E-state index is 0.192. The number of carboxylic acid groups (broad SMARTS) is 1. The smallest absolute Gasteiger partial charge is 0.324 e. The highest BCUT2D eigenvalue weighted by molar-refractivity contribution is 6.10. The van der Waals surface area contributed by atoms with E-state index in [2.05, 4.69) is 5.32 Å². The topological polar surface area (TPSA) is 105 Å². The van der Waals surface area contributed by atoms with Crippen LogP contribution in [0.15, 0.2) is 12.1 Å². The lowest BCUT2D eigenvalue weighted by atomic mass is 9.72. The van der Waals surface area contributed by atoms with E-state index in [-0.39, 0.29) is 11.8 Å². The normalized spacial score (nSPS) is 29.4. The van der Waals surface area contributed by atoms with Gasteiger partial charge in [0.2, 0.25) is 11.8 Å². The maximum absolute atomic E-state index is 13.9. The Balaban J connectivity index is 1.88. The number of fused-ring (bicyclic) bond motifs is 1. The van der Waals surface area contributed by atoms with Crippen molar-refractivity contribution in [1.29, 1.82) is 0 Å². The van der Waals surface area contributed by atoms with Crippen LogP contribution in [-0.2, 0) is 14.4 Å². The number of carbonyl (C=O) groups is 3. The van der Waals surface area contributed by atoms with Crippen LogP contribution in [0.25, 0.3) is 0 Å². The van der Waals surface area contributed by atoms with Gasteiger partial charge in [0, 0.05) is 22.7 Å². The van der Waals surface area contributed by atoms with Gasteiger partial charge in [0.25, 0.3) is 0 Å². The highest BCUT2D eigenvalue weighted by Crippen LogP contribution is 2.54. The molecule has 2 amide bonds. The molecule has 3 aliphatic rings. The van der Waals surface area contributed by atoms with E-state index in [1.54, 1.807) is 20.3 Å². The van der Waals surface area contributed by atoms with Crippen LogP contribution in [0.5, 0.6) is 11.5 Å². The number of nitrogens with zero attached hydrogens (tertiary/aromatic N) is 1. The summed E-state index contributed by atoms with van der Waals surface area (Å²) < 4.78 is 11.2. The van der Waals surface area contributed by atoms with Gasteiger partial charge in [0.05, 0.1) is 26.1 Å². The van der Waals surface area contributed by atoms with Crippen molar-refractivity contribution in [2.24, 2.45) is 17.8 Å². The first-order chi connectivity index (χ1) is 16.5. The number of rotatable bonds is 6. The maximum Gasteiger partial charge on any atom is 0.324 e. The lowest BCUT2D eigenvalue weighted by Gasteiger charge is -2.37. The van der Waals surface area contributed by atoms with E-state index in [4.69, 9.17) is 9.47 Å². The summed E-state index contributed by atoms with van der Waals surface area (Å²) in [5.74, 6) is -2.24. The van der Waals surface area contributed by atoms with Crippen LogP contribution in [0.2, 0.25) is 0 Å². The molecule has 0 spiro atoms. The van der Waals surface area contributed by atoms with Gasteiger partial charge in [-0.3, -0.25) is 24.6 Å². The zero-order valence-electron chi connectivity index (χ0n) is 21.6. The molecule has 1 aliphatic carbocycles. The number of methoxy groups -OCH3 is 2. The molecule has 4 unspecified atom stereocenters. The summed E-state index contributed by atoms with van der Waals surface area (Å²) in [6, 6.07) is 2.94. The van der Waals surface area contributed by atoms with Crippen LogP contribution < -0.4 is 14.8 Å². The van der Waals surface area contributed by atoms with E-state index in [9.17, 15) is 19.5 Å². The van der Waals surface area contributed by atoms with E-state index in [0.29, 0.717) is 23.5 Å². The number of imide groups is 1. The van der Waals surface area contributed by atoms with Crippen molar-refractivity contribution in [3.8, 4) is 11.5 Å². The van der Waals surface area contributed by atoms with E-state index in [0.717, 1.165) is 37.7 Å². The van der Waals surface area contributed by atoms with Crippen molar-refractivity contribution >= 4 is 17.8 Å². The summed E-state index contributed by atoms with van der Waals surface area (Å²) >= 11 is 0. The van der Waals surface area contributed by atoms with E-state index >= 15 is 0 Å². The summed E-state index contributed by atoms with van der Waals surface area (Å²) in [7, 11) is 3.12. The summed E-state index contributed by atoms with van der Waals surface area (Å²) in [6.07, 6.45) is 5.48. The minimum Gasteiger partial charge on any atom is -0.496 e. The maximum atomic E-state index is 13.9. The number of carboxylic acids is 1. The second kappa shape index (κ2) is 9.12. The van der Waals surface area contributed by atoms with Gasteiger partial charge in [-0.25, -0.2) is 0 Å². The van der Waals surface area contributed by atoms with Gasteiger partial charge in [-0.1, -0.05) is 38.2 Å². The van der Waals surface area contributed by atoms with Crippen LogP contribution in [0, 0.1) is 24.7 Å². The molecule has 0 radical (unpaired) electrons. The molecule has 192 valence electrons. The van der Waals surface area contributed by atoms with Gasteiger partial charge in [-0.15, -0.1) is 0 Å². The van der Waals surface area contributed by atoms with E-state index in [1.165, 1.54) is 4.90 Å². The predicted molar refractivity (Wildman–Crippen MR) is 130 cm³/mol. The van der Waals surface area contributed by atoms with Crippen molar-refractivity contribution in [2.75, 3.05) is 14.2 Å². The SMILES string of the molecule is COc1ccc(C2NC(CC3CCCCC3)(C(=O)O)C3C(=O)N(C(C)(C)C)C(=O)C23)c(OC)c1C. The summed E-state index contributed by atoms with van der Waals surface area (Å²) in [5.41, 5.74) is -0.846. The number of benzene rings is 1. The highest BCUT2D eigenvalue weighted by Gasteiger charge is 2.70. The molecule has 2 heterocycles. The molecular weight excluding hydrogens is 448 g/mol. The molecule has 0 aromatic heterocycles. The third kappa shape index (κ3) is 3.99. The molecule has 2 N–H and O–H groups in total. The Morgan fingerprint density at radius 2 is 1.77 bits per heavy atom. The van der Waals surface area contributed by atoms with Crippen molar-refractivity contribution in [2.45, 2.75) is 83.3 Å². The van der Waals surface area contributed by atoms with Gasteiger partial charge in [0.15, 0.2) is 0 Å². The van der Waals surface area contributed by atoms with E-state index in [1.807, 2.05) is 33.8 Å². The zero-order chi connectivity index (χ0) is 25.7. The second-order valence-corrected chi connectivity index (χ2v) is 11.3. The molecule has 35 heavy (non-hydrogen) atoms. The predicted octanol–water partition coefficient (Wildman–Crippen LogP) is 3.85. The molecule has 1 aromatic rings. The summed E-state index contributed by atoms with van der Waals surface area (Å²) in [5, 5.41) is 14.0. The van der Waals surface area contributed by atoms with Gasteiger partial charge < -0.3 is 14.6 Å². The molecule has 2 aliphatic heterocycles. The summed E-state index contributed by atoms with van der Waals surface area (Å²) in [6.45, 7) is 7.30. The molecule has 3 fully saturated rings. The first-order valence-corrected chi connectivity index (χ1v) is 12.6. The highest BCUT2D eigenvalue weighted by atomic mass is 16.5.